The second kappa shape index (κ2) is 4.32. The fourth-order valence-corrected chi connectivity index (χ4v) is 3.46. The van der Waals surface area contributed by atoms with Crippen molar-refractivity contribution in [3.05, 3.63) is 70.9 Å². The van der Waals surface area contributed by atoms with E-state index in [0.717, 1.165) is 15.6 Å². The fraction of sp³-hybridized carbons (Fsp3) is 0. The minimum Gasteiger partial charge on any atom is -0.445 e. The van der Waals surface area contributed by atoms with Gasteiger partial charge in [-0.05, 0) is 6.07 Å². The number of fused-ring (bicyclic) bond motifs is 3. The fourth-order valence-electron chi connectivity index (χ4n) is 2.39. The molecule has 0 radical (unpaired) electrons. The molecule has 2 nitrogen and oxygen atoms in total. The van der Waals surface area contributed by atoms with E-state index in [-0.39, 0.29) is 5.43 Å². The summed E-state index contributed by atoms with van der Waals surface area (Å²) in [6, 6.07) is 19.2. The third kappa shape index (κ3) is 1.67. The molecule has 0 N–H and O–H groups in total. The average molecular weight is 278 g/mol. The molecule has 0 saturated carbocycles. The molecule has 2 heterocycles. The molecule has 0 aliphatic rings. The van der Waals surface area contributed by atoms with Crippen molar-refractivity contribution >= 4 is 31.7 Å². The van der Waals surface area contributed by atoms with Crippen LogP contribution in [-0.4, -0.2) is 0 Å². The van der Waals surface area contributed by atoms with E-state index in [1.165, 1.54) is 11.3 Å². The molecule has 0 saturated heterocycles. The van der Waals surface area contributed by atoms with Gasteiger partial charge in [-0.2, -0.15) is 0 Å². The summed E-state index contributed by atoms with van der Waals surface area (Å²) in [5, 5.41) is 1.66. The molecule has 96 valence electrons. The molecule has 0 amide bonds. The van der Waals surface area contributed by atoms with Crippen LogP contribution < -0.4 is 5.43 Å². The number of hydrogen-bond donors (Lipinski definition) is 0. The van der Waals surface area contributed by atoms with Crippen molar-refractivity contribution in [3.63, 3.8) is 0 Å². The average Bonchev–Trinajstić information content (AvgIpc) is 2.87. The molecule has 0 aliphatic carbocycles. The van der Waals surface area contributed by atoms with Gasteiger partial charge in [0.1, 0.15) is 5.76 Å². The lowest BCUT2D eigenvalue weighted by Crippen LogP contribution is -1.98. The second-order valence-corrected chi connectivity index (χ2v) is 5.62. The van der Waals surface area contributed by atoms with Gasteiger partial charge in [-0.1, -0.05) is 59.9 Å². The Morgan fingerprint density at radius 3 is 2.50 bits per heavy atom. The van der Waals surface area contributed by atoms with Gasteiger partial charge < -0.3 is 4.42 Å². The maximum absolute atomic E-state index is 12.4. The molecule has 0 bridgehead atoms. The van der Waals surface area contributed by atoms with Gasteiger partial charge in [0, 0.05) is 21.7 Å². The van der Waals surface area contributed by atoms with E-state index in [9.17, 15) is 4.79 Å². The predicted molar refractivity (Wildman–Crippen MR) is 83.3 cm³/mol. The number of hydrogen-bond acceptors (Lipinski definition) is 3. The molecule has 0 spiro atoms. The Bertz CT molecular complexity index is 965. The highest BCUT2D eigenvalue weighted by Gasteiger charge is 2.12. The zero-order valence-corrected chi connectivity index (χ0v) is 11.3. The maximum Gasteiger partial charge on any atom is 0.194 e. The lowest BCUT2D eigenvalue weighted by atomic mass is 10.1. The van der Waals surface area contributed by atoms with Crippen molar-refractivity contribution in [3.8, 4) is 11.3 Å². The molecule has 4 rings (SSSR count). The molecule has 20 heavy (non-hydrogen) atoms. The molecule has 0 atom stereocenters. The highest BCUT2D eigenvalue weighted by molar-refractivity contribution is 7.25. The van der Waals surface area contributed by atoms with Crippen molar-refractivity contribution in [1.82, 2.24) is 0 Å². The Hall–Kier alpha value is -2.39. The Morgan fingerprint density at radius 2 is 1.65 bits per heavy atom. The third-order valence-corrected chi connectivity index (χ3v) is 4.38. The van der Waals surface area contributed by atoms with Crippen LogP contribution in [0.3, 0.4) is 0 Å². The zero-order valence-electron chi connectivity index (χ0n) is 10.5. The molecular weight excluding hydrogens is 268 g/mol. The second-order valence-electron chi connectivity index (χ2n) is 4.60. The van der Waals surface area contributed by atoms with E-state index >= 15 is 0 Å². The maximum atomic E-state index is 12.4. The highest BCUT2D eigenvalue weighted by atomic mass is 32.1. The highest BCUT2D eigenvalue weighted by Crippen LogP contribution is 2.33. The topological polar surface area (TPSA) is 30.2 Å². The zero-order chi connectivity index (χ0) is 13.5. The van der Waals surface area contributed by atoms with Gasteiger partial charge in [-0.15, -0.1) is 0 Å². The molecule has 0 fully saturated rings. The van der Waals surface area contributed by atoms with E-state index < -0.39 is 0 Å². The van der Waals surface area contributed by atoms with Crippen molar-refractivity contribution in [2.75, 3.05) is 0 Å². The standard InChI is InChI=1S/C17H10O2S/c18-13-10-14(11-6-2-1-3-7-11)19-17-16(13)12-8-4-5-9-15(12)20-17/h1-10H. The van der Waals surface area contributed by atoms with Crippen LogP contribution in [0.4, 0.5) is 0 Å². The number of thiophene rings is 1. The quantitative estimate of drug-likeness (QED) is 0.506. The minimum atomic E-state index is 0.0163. The van der Waals surface area contributed by atoms with Crippen LogP contribution in [0, 0.1) is 0 Å². The number of rotatable bonds is 1. The van der Waals surface area contributed by atoms with Gasteiger partial charge >= 0.3 is 0 Å². The van der Waals surface area contributed by atoms with Crippen LogP contribution in [0.5, 0.6) is 0 Å². The van der Waals surface area contributed by atoms with Crippen molar-refractivity contribution < 1.29 is 4.42 Å². The van der Waals surface area contributed by atoms with E-state index in [1.807, 2.05) is 54.6 Å². The summed E-state index contributed by atoms with van der Waals surface area (Å²) >= 11 is 1.52. The first-order valence-corrected chi connectivity index (χ1v) is 7.15. The van der Waals surface area contributed by atoms with Gasteiger partial charge in [0.25, 0.3) is 0 Å². The van der Waals surface area contributed by atoms with E-state index in [2.05, 4.69) is 0 Å². The van der Waals surface area contributed by atoms with E-state index in [4.69, 9.17) is 4.42 Å². The van der Waals surface area contributed by atoms with Crippen LogP contribution in [0.15, 0.2) is 69.9 Å². The van der Waals surface area contributed by atoms with Gasteiger partial charge in [0.15, 0.2) is 10.3 Å². The summed E-state index contributed by atoms with van der Waals surface area (Å²) < 4.78 is 7.01. The molecule has 0 unspecified atom stereocenters. The number of benzene rings is 2. The SMILES string of the molecule is O=c1cc(-c2ccccc2)oc2sc3ccccc3c12. The van der Waals surface area contributed by atoms with Crippen LogP contribution in [0.1, 0.15) is 0 Å². The van der Waals surface area contributed by atoms with Crippen molar-refractivity contribution in [1.29, 1.82) is 0 Å². The van der Waals surface area contributed by atoms with Crippen LogP contribution in [0.2, 0.25) is 0 Å². The van der Waals surface area contributed by atoms with Gasteiger partial charge in [0.05, 0.1) is 5.39 Å². The Kier molecular flexibility index (Phi) is 2.47. The molecule has 2 aromatic carbocycles. The molecular formula is C17H10O2S. The van der Waals surface area contributed by atoms with Crippen LogP contribution >= 0.6 is 11.3 Å². The summed E-state index contributed by atoms with van der Waals surface area (Å²) in [6.07, 6.45) is 0. The predicted octanol–water partition coefficient (Wildman–Crippen LogP) is 4.67. The Labute approximate surface area is 118 Å². The minimum absolute atomic E-state index is 0.0163. The lowest BCUT2D eigenvalue weighted by molar-refractivity contribution is 0.628. The normalized spacial score (nSPS) is 11.2. The summed E-state index contributed by atoms with van der Waals surface area (Å²) in [4.78, 5) is 13.1. The molecule has 2 aromatic heterocycles. The first-order chi connectivity index (χ1) is 9.83. The largest absolute Gasteiger partial charge is 0.445 e. The smallest absolute Gasteiger partial charge is 0.194 e. The molecule has 0 aliphatic heterocycles. The van der Waals surface area contributed by atoms with E-state index in [0.29, 0.717) is 16.0 Å². The van der Waals surface area contributed by atoms with Crippen LogP contribution in [0.25, 0.3) is 31.7 Å². The lowest BCUT2D eigenvalue weighted by Gasteiger charge is -1.99. The van der Waals surface area contributed by atoms with Gasteiger partial charge in [-0.3, -0.25) is 4.79 Å². The summed E-state index contributed by atoms with van der Waals surface area (Å²) in [5.74, 6) is 0.620. The van der Waals surface area contributed by atoms with Crippen molar-refractivity contribution in [2.45, 2.75) is 0 Å². The first-order valence-electron chi connectivity index (χ1n) is 6.34. The summed E-state index contributed by atoms with van der Waals surface area (Å²) in [7, 11) is 0. The van der Waals surface area contributed by atoms with E-state index in [1.54, 1.807) is 6.07 Å². The first kappa shape index (κ1) is 11.4. The Morgan fingerprint density at radius 1 is 0.900 bits per heavy atom. The Balaban J connectivity index is 2.09. The van der Waals surface area contributed by atoms with Crippen LogP contribution in [-0.2, 0) is 0 Å². The van der Waals surface area contributed by atoms with Crippen molar-refractivity contribution in [2.24, 2.45) is 0 Å². The van der Waals surface area contributed by atoms with Gasteiger partial charge in [0.2, 0.25) is 0 Å². The molecule has 3 heteroatoms. The third-order valence-electron chi connectivity index (χ3n) is 3.33. The molecule has 4 aromatic rings. The monoisotopic (exact) mass is 278 g/mol. The van der Waals surface area contributed by atoms with Gasteiger partial charge in [-0.25, -0.2) is 0 Å². The summed E-state index contributed by atoms with van der Waals surface area (Å²) in [5.41, 5.74) is 0.937. The summed E-state index contributed by atoms with van der Waals surface area (Å²) in [6.45, 7) is 0.